The summed E-state index contributed by atoms with van der Waals surface area (Å²) in [5.41, 5.74) is 6.39. The quantitative estimate of drug-likeness (QED) is 0.444. The number of hydrogen-bond acceptors (Lipinski definition) is 7. The van der Waals surface area contributed by atoms with Gasteiger partial charge in [0.2, 0.25) is 5.82 Å². The highest BCUT2D eigenvalue weighted by Crippen LogP contribution is 2.28. The Morgan fingerprint density at radius 1 is 1.24 bits per heavy atom. The van der Waals surface area contributed by atoms with E-state index in [1.165, 1.54) is 12.1 Å². The van der Waals surface area contributed by atoms with Gasteiger partial charge in [-0.2, -0.15) is 4.98 Å². The highest BCUT2D eigenvalue weighted by atomic mass is 16.6. The zero-order chi connectivity index (χ0) is 14.8. The maximum Gasteiger partial charge on any atom is 0.292 e. The van der Waals surface area contributed by atoms with Gasteiger partial charge in [0.1, 0.15) is 11.4 Å². The number of nitrogens with zero attached hydrogens (tertiary/aromatic N) is 4. The van der Waals surface area contributed by atoms with Gasteiger partial charge in [0.25, 0.3) is 11.6 Å². The van der Waals surface area contributed by atoms with Crippen molar-refractivity contribution in [2.45, 2.75) is 0 Å². The summed E-state index contributed by atoms with van der Waals surface area (Å²) in [7, 11) is 0. The average molecular weight is 283 g/mol. The molecule has 2 aromatic heterocycles. The standard InChI is InChI=1S/C13H9N5O3/c14-9-5-4-8(7-11(9)18(19)20)13-16-12(17-21-13)10-3-1-2-6-15-10/h1-7H,14H2. The minimum Gasteiger partial charge on any atom is -0.393 e. The van der Waals surface area contributed by atoms with Gasteiger partial charge in [-0.15, -0.1) is 0 Å². The van der Waals surface area contributed by atoms with Gasteiger partial charge in [-0.05, 0) is 24.3 Å². The van der Waals surface area contributed by atoms with Crippen LogP contribution in [0.2, 0.25) is 0 Å². The van der Waals surface area contributed by atoms with Crippen molar-refractivity contribution in [1.29, 1.82) is 0 Å². The maximum atomic E-state index is 10.9. The lowest BCUT2D eigenvalue weighted by molar-refractivity contribution is -0.383. The first-order valence-electron chi connectivity index (χ1n) is 5.94. The number of pyridine rings is 1. The summed E-state index contributed by atoms with van der Waals surface area (Å²) >= 11 is 0. The summed E-state index contributed by atoms with van der Waals surface area (Å²) in [5.74, 6) is 0.476. The fourth-order valence-corrected chi connectivity index (χ4v) is 1.77. The largest absolute Gasteiger partial charge is 0.393 e. The van der Waals surface area contributed by atoms with Crippen LogP contribution in [0.5, 0.6) is 0 Å². The molecule has 0 fully saturated rings. The van der Waals surface area contributed by atoms with Gasteiger partial charge in [0.05, 0.1) is 4.92 Å². The molecular formula is C13H9N5O3. The van der Waals surface area contributed by atoms with E-state index in [-0.39, 0.29) is 17.3 Å². The van der Waals surface area contributed by atoms with E-state index in [0.717, 1.165) is 0 Å². The van der Waals surface area contributed by atoms with E-state index >= 15 is 0 Å². The summed E-state index contributed by atoms with van der Waals surface area (Å²) in [5, 5.41) is 14.7. The molecular weight excluding hydrogens is 274 g/mol. The summed E-state index contributed by atoms with van der Waals surface area (Å²) in [6.07, 6.45) is 1.61. The van der Waals surface area contributed by atoms with Crippen LogP contribution in [0, 0.1) is 10.1 Å². The molecule has 21 heavy (non-hydrogen) atoms. The van der Waals surface area contributed by atoms with Crippen LogP contribution in [0.1, 0.15) is 0 Å². The van der Waals surface area contributed by atoms with Crippen molar-refractivity contribution in [3.63, 3.8) is 0 Å². The van der Waals surface area contributed by atoms with E-state index in [2.05, 4.69) is 15.1 Å². The number of aromatic nitrogens is 3. The molecule has 0 spiro atoms. The first-order chi connectivity index (χ1) is 10.1. The molecule has 3 aromatic rings. The maximum absolute atomic E-state index is 10.9. The molecule has 0 saturated heterocycles. The van der Waals surface area contributed by atoms with Crippen LogP contribution in [0.3, 0.4) is 0 Å². The Morgan fingerprint density at radius 2 is 2.10 bits per heavy atom. The lowest BCUT2D eigenvalue weighted by Crippen LogP contribution is -1.95. The minimum atomic E-state index is -0.561. The Morgan fingerprint density at radius 3 is 2.81 bits per heavy atom. The molecule has 8 nitrogen and oxygen atoms in total. The molecule has 0 aliphatic carbocycles. The Balaban J connectivity index is 2.01. The van der Waals surface area contributed by atoms with Gasteiger partial charge >= 0.3 is 0 Å². The van der Waals surface area contributed by atoms with Crippen molar-refractivity contribution in [3.8, 4) is 23.0 Å². The van der Waals surface area contributed by atoms with Crippen LogP contribution in [-0.4, -0.2) is 20.0 Å². The molecule has 0 unspecified atom stereocenters. The highest BCUT2D eigenvalue weighted by Gasteiger charge is 2.17. The predicted molar refractivity (Wildman–Crippen MR) is 74.0 cm³/mol. The number of anilines is 1. The number of hydrogen-bond donors (Lipinski definition) is 1. The van der Waals surface area contributed by atoms with Crippen LogP contribution < -0.4 is 5.73 Å². The molecule has 0 atom stereocenters. The van der Waals surface area contributed by atoms with E-state index in [4.69, 9.17) is 10.3 Å². The van der Waals surface area contributed by atoms with E-state index in [9.17, 15) is 10.1 Å². The average Bonchev–Trinajstić information content (AvgIpc) is 2.98. The van der Waals surface area contributed by atoms with Gasteiger partial charge < -0.3 is 10.3 Å². The topological polar surface area (TPSA) is 121 Å². The molecule has 3 rings (SSSR count). The van der Waals surface area contributed by atoms with E-state index in [1.807, 2.05) is 0 Å². The van der Waals surface area contributed by atoms with Crippen molar-refractivity contribution in [3.05, 3.63) is 52.7 Å². The fraction of sp³-hybridized carbons (Fsp3) is 0. The number of benzene rings is 1. The molecule has 2 N–H and O–H groups in total. The summed E-state index contributed by atoms with van der Waals surface area (Å²) in [6.45, 7) is 0. The highest BCUT2D eigenvalue weighted by molar-refractivity contribution is 5.68. The van der Waals surface area contributed by atoms with Gasteiger partial charge in [-0.25, -0.2) is 0 Å². The normalized spacial score (nSPS) is 10.5. The minimum absolute atomic E-state index is 0.0771. The molecule has 0 aliphatic heterocycles. The summed E-state index contributed by atoms with van der Waals surface area (Å²) in [4.78, 5) is 18.6. The van der Waals surface area contributed by atoms with Gasteiger partial charge in [0, 0.05) is 17.8 Å². The van der Waals surface area contributed by atoms with Crippen LogP contribution in [-0.2, 0) is 0 Å². The SMILES string of the molecule is Nc1ccc(-c2nc(-c3ccccn3)no2)cc1[N+](=O)[O-]. The molecule has 0 radical (unpaired) electrons. The second-order valence-corrected chi connectivity index (χ2v) is 4.17. The summed E-state index contributed by atoms with van der Waals surface area (Å²) < 4.78 is 5.12. The zero-order valence-corrected chi connectivity index (χ0v) is 10.6. The van der Waals surface area contributed by atoms with Gasteiger partial charge in [-0.1, -0.05) is 11.2 Å². The van der Waals surface area contributed by atoms with E-state index in [1.54, 1.807) is 30.5 Å². The van der Waals surface area contributed by atoms with Crippen LogP contribution in [0.15, 0.2) is 47.1 Å². The Labute approximate surface area is 118 Å². The van der Waals surface area contributed by atoms with Gasteiger partial charge in [-0.3, -0.25) is 15.1 Å². The van der Waals surface area contributed by atoms with Crippen molar-refractivity contribution in [1.82, 2.24) is 15.1 Å². The second kappa shape index (κ2) is 5.00. The summed E-state index contributed by atoms with van der Waals surface area (Å²) in [6, 6.07) is 9.61. The second-order valence-electron chi connectivity index (χ2n) is 4.17. The van der Waals surface area contributed by atoms with E-state index in [0.29, 0.717) is 17.1 Å². The van der Waals surface area contributed by atoms with Crippen molar-refractivity contribution >= 4 is 11.4 Å². The third-order valence-electron chi connectivity index (χ3n) is 2.79. The van der Waals surface area contributed by atoms with Crippen LogP contribution in [0.4, 0.5) is 11.4 Å². The molecule has 2 heterocycles. The number of rotatable bonds is 3. The molecule has 0 amide bonds. The number of nitrogen functional groups attached to an aromatic ring is 1. The third-order valence-corrected chi connectivity index (χ3v) is 2.79. The smallest absolute Gasteiger partial charge is 0.292 e. The Kier molecular flexibility index (Phi) is 3.03. The van der Waals surface area contributed by atoms with E-state index < -0.39 is 4.92 Å². The predicted octanol–water partition coefficient (Wildman–Crippen LogP) is 2.29. The Hall–Kier alpha value is -3.29. The van der Waals surface area contributed by atoms with Crippen LogP contribution in [0.25, 0.3) is 23.0 Å². The number of nitrogens with two attached hydrogens (primary N) is 1. The van der Waals surface area contributed by atoms with Crippen molar-refractivity contribution in [2.75, 3.05) is 5.73 Å². The molecule has 0 saturated carbocycles. The number of nitro groups is 1. The zero-order valence-electron chi connectivity index (χ0n) is 10.6. The molecule has 8 heteroatoms. The molecule has 1 aromatic carbocycles. The van der Waals surface area contributed by atoms with Crippen LogP contribution >= 0.6 is 0 Å². The lowest BCUT2D eigenvalue weighted by atomic mass is 10.2. The first kappa shape index (κ1) is 12.7. The number of nitro benzene ring substituents is 1. The fourth-order valence-electron chi connectivity index (χ4n) is 1.77. The molecule has 0 bridgehead atoms. The third kappa shape index (κ3) is 2.41. The lowest BCUT2D eigenvalue weighted by Gasteiger charge is -1.98. The van der Waals surface area contributed by atoms with Crippen molar-refractivity contribution in [2.24, 2.45) is 0 Å². The molecule has 0 aliphatic rings. The Bertz CT molecular complexity index is 801. The van der Waals surface area contributed by atoms with Gasteiger partial charge in [0.15, 0.2) is 0 Å². The molecule has 104 valence electrons. The monoisotopic (exact) mass is 283 g/mol. The first-order valence-corrected chi connectivity index (χ1v) is 5.94. The van der Waals surface area contributed by atoms with Crippen molar-refractivity contribution < 1.29 is 9.45 Å².